The molecular weight excluding hydrogens is 375 g/mol. The standard InChI is InChI=1S/C18H18Cl2N4O2/c1-11(19)18(25)23-14-9-12(10-21)8-13(20)17(14)15-5-6-22-24(15)16-4-2-3-7-26-16/h5-6,8-9,11,16H,2-4,7H2,1H3,(H,23,25). The monoisotopic (exact) mass is 392 g/mol. The van der Waals surface area contributed by atoms with Gasteiger partial charge in [-0.1, -0.05) is 11.6 Å². The molecule has 8 heteroatoms. The van der Waals surface area contributed by atoms with Crippen LogP contribution in [0.25, 0.3) is 11.3 Å². The molecule has 2 heterocycles. The summed E-state index contributed by atoms with van der Waals surface area (Å²) in [6.45, 7) is 2.25. The number of ether oxygens (including phenoxy) is 1. The van der Waals surface area contributed by atoms with Crippen LogP contribution in [0.2, 0.25) is 5.02 Å². The molecule has 2 aromatic rings. The average molecular weight is 393 g/mol. The van der Waals surface area contributed by atoms with E-state index in [4.69, 9.17) is 27.9 Å². The van der Waals surface area contributed by atoms with Crippen molar-refractivity contribution in [3.8, 4) is 17.3 Å². The van der Waals surface area contributed by atoms with E-state index in [1.807, 2.05) is 12.1 Å². The number of benzene rings is 1. The molecule has 1 aliphatic heterocycles. The second-order valence-electron chi connectivity index (χ2n) is 6.08. The lowest BCUT2D eigenvalue weighted by Gasteiger charge is -2.25. The Bertz CT molecular complexity index is 851. The molecule has 1 aromatic carbocycles. The van der Waals surface area contributed by atoms with Crippen LogP contribution in [0.1, 0.15) is 38.0 Å². The fourth-order valence-electron chi connectivity index (χ4n) is 2.92. The van der Waals surface area contributed by atoms with Crippen LogP contribution in [0.5, 0.6) is 0 Å². The molecule has 2 atom stereocenters. The number of carbonyl (C=O) groups excluding carboxylic acids is 1. The Morgan fingerprint density at radius 2 is 2.31 bits per heavy atom. The van der Waals surface area contributed by atoms with Gasteiger partial charge in [0.05, 0.1) is 28.0 Å². The van der Waals surface area contributed by atoms with Crippen LogP contribution in [-0.4, -0.2) is 27.7 Å². The molecule has 6 nitrogen and oxygen atoms in total. The zero-order valence-electron chi connectivity index (χ0n) is 14.2. The minimum atomic E-state index is -0.723. The molecule has 0 aliphatic carbocycles. The molecule has 0 bridgehead atoms. The van der Waals surface area contributed by atoms with Crippen molar-refractivity contribution in [2.75, 3.05) is 11.9 Å². The highest BCUT2D eigenvalue weighted by molar-refractivity contribution is 6.35. The van der Waals surface area contributed by atoms with Gasteiger partial charge in [0.1, 0.15) is 5.38 Å². The first kappa shape index (κ1) is 18.7. The fraction of sp³-hybridized carbons (Fsp3) is 0.389. The van der Waals surface area contributed by atoms with Crippen molar-refractivity contribution in [2.24, 2.45) is 0 Å². The molecule has 0 radical (unpaired) electrons. The molecule has 136 valence electrons. The molecular formula is C18H18Cl2N4O2. The summed E-state index contributed by atoms with van der Waals surface area (Å²) in [7, 11) is 0. The smallest absolute Gasteiger partial charge is 0.242 e. The maximum atomic E-state index is 12.1. The van der Waals surface area contributed by atoms with Crippen molar-refractivity contribution in [3.63, 3.8) is 0 Å². The van der Waals surface area contributed by atoms with Crippen molar-refractivity contribution < 1.29 is 9.53 Å². The maximum Gasteiger partial charge on any atom is 0.242 e. The highest BCUT2D eigenvalue weighted by atomic mass is 35.5. The number of nitrogens with zero attached hydrogens (tertiary/aromatic N) is 3. The van der Waals surface area contributed by atoms with E-state index in [1.54, 1.807) is 29.9 Å². The summed E-state index contributed by atoms with van der Waals surface area (Å²) < 4.78 is 7.60. The highest BCUT2D eigenvalue weighted by Crippen LogP contribution is 2.38. The maximum absolute atomic E-state index is 12.1. The SMILES string of the molecule is CC(Cl)C(=O)Nc1cc(C#N)cc(Cl)c1-c1ccnn1C1CCCCO1. The van der Waals surface area contributed by atoms with Gasteiger partial charge >= 0.3 is 0 Å². The second-order valence-corrected chi connectivity index (χ2v) is 7.14. The number of hydrogen-bond donors (Lipinski definition) is 1. The number of carbonyl (C=O) groups is 1. The molecule has 26 heavy (non-hydrogen) atoms. The van der Waals surface area contributed by atoms with Crippen molar-refractivity contribution in [2.45, 2.75) is 37.8 Å². The number of anilines is 1. The normalized spacial score (nSPS) is 18.2. The van der Waals surface area contributed by atoms with Gasteiger partial charge in [0.15, 0.2) is 6.23 Å². The van der Waals surface area contributed by atoms with E-state index >= 15 is 0 Å². The molecule has 1 N–H and O–H groups in total. The van der Waals surface area contributed by atoms with E-state index in [1.165, 1.54) is 0 Å². The van der Waals surface area contributed by atoms with Crippen LogP contribution in [0, 0.1) is 11.3 Å². The number of halogens is 2. The van der Waals surface area contributed by atoms with E-state index in [0.717, 1.165) is 19.3 Å². The fourth-order valence-corrected chi connectivity index (χ4v) is 3.29. The summed E-state index contributed by atoms with van der Waals surface area (Å²) in [5, 5.41) is 16.0. The summed E-state index contributed by atoms with van der Waals surface area (Å²) in [6.07, 6.45) is 4.41. The Morgan fingerprint density at radius 1 is 1.50 bits per heavy atom. The van der Waals surface area contributed by atoms with E-state index in [0.29, 0.717) is 34.1 Å². The summed E-state index contributed by atoms with van der Waals surface area (Å²) in [5.74, 6) is -0.376. The topological polar surface area (TPSA) is 79.9 Å². The zero-order valence-corrected chi connectivity index (χ0v) is 15.7. The first-order valence-electron chi connectivity index (χ1n) is 8.35. The van der Waals surface area contributed by atoms with Crippen molar-refractivity contribution in [1.82, 2.24) is 9.78 Å². The molecule has 2 unspecified atom stereocenters. The lowest BCUT2D eigenvalue weighted by molar-refractivity contribution is -0.115. The zero-order chi connectivity index (χ0) is 18.7. The van der Waals surface area contributed by atoms with Crippen LogP contribution >= 0.6 is 23.2 Å². The second kappa shape index (κ2) is 8.09. The number of nitrogens with one attached hydrogen (secondary N) is 1. The van der Waals surface area contributed by atoms with E-state index in [9.17, 15) is 10.1 Å². The lowest BCUT2D eigenvalue weighted by atomic mass is 10.1. The number of amides is 1. The number of alkyl halides is 1. The van der Waals surface area contributed by atoms with Crippen LogP contribution in [0.4, 0.5) is 5.69 Å². The third-order valence-electron chi connectivity index (χ3n) is 4.19. The molecule has 3 rings (SSSR count). The largest absolute Gasteiger partial charge is 0.356 e. The minimum Gasteiger partial charge on any atom is -0.356 e. The van der Waals surface area contributed by atoms with Gasteiger partial charge < -0.3 is 10.1 Å². The highest BCUT2D eigenvalue weighted by Gasteiger charge is 2.24. The molecule has 1 fully saturated rings. The first-order valence-corrected chi connectivity index (χ1v) is 9.16. The van der Waals surface area contributed by atoms with Gasteiger partial charge in [-0.2, -0.15) is 10.4 Å². The van der Waals surface area contributed by atoms with Gasteiger partial charge in [-0.3, -0.25) is 4.79 Å². The third kappa shape index (κ3) is 3.85. The summed E-state index contributed by atoms with van der Waals surface area (Å²) in [6, 6.07) is 7.00. The summed E-state index contributed by atoms with van der Waals surface area (Å²) in [4.78, 5) is 12.1. The predicted octanol–water partition coefficient (Wildman–Crippen LogP) is 4.34. The Labute approximate surface area is 161 Å². The van der Waals surface area contributed by atoms with Crippen molar-refractivity contribution in [3.05, 3.63) is 35.0 Å². The first-order chi connectivity index (χ1) is 12.5. The van der Waals surface area contributed by atoms with Crippen molar-refractivity contribution >= 4 is 34.8 Å². The Morgan fingerprint density at radius 3 is 2.96 bits per heavy atom. The van der Waals surface area contributed by atoms with Gasteiger partial charge in [-0.05, 0) is 44.4 Å². The van der Waals surface area contributed by atoms with Gasteiger partial charge in [0.2, 0.25) is 5.91 Å². The average Bonchev–Trinajstić information content (AvgIpc) is 3.11. The summed E-state index contributed by atoms with van der Waals surface area (Å²) in [5.41, 5.74) is 2.06. The van der Waals surface area contributed by atoms with Gasteiger partial charge in [-0.25, -0.2) is 4.68 Å². The molecule has 1 aliphatic rings. The lowest BCUT2D eigenvalue weighted by Crippen LogP contribution is -2.22. The number of nitriles is 1. The number of aromatic nitrogens is 2. The van der Waals surface area contributed by atoms with E-state index in [-0.39, 0.29) is 12.1 Å². The predicted molar refractivity (Wildman–Crippen MR) is 100 cm³/mol. The third-order valence-corrected chi connectivity index (χ3v) is 4.69. The molecule has 1 aromatic heterocycles. The van der Waals surface area contributed by atoms with Crippen LogP contribution in [0.15, 0.2) is 24.4 Å². The van der Waals surface area contributed by atoms with E-state index in [2.05, 4.69) is 10.4 Å². The Kier molecular flexibility index (Phi) is 5.82. The van der Waals surface area contributed by atoms with Gasteiger partial charge in [-0.15, -0.1) is 11.6 Å². The molecule has 0 saturated carbocycles. The van der Waals surface area contributed by atoms with Gasteiger partial charge in [0, 0.05) is 18.4 Å². The van der Waals surface area contributed by atoms with E-state index < -0.39 is 5.38 Å². The summed E-state index contributed by atoms with van der Waals surface area (Å²) >= 11 is 12.3. The number of rotatable bonds is 4. The van der Waals surface area contributed by atoms with Crippen LogP contribution in [-0.2, 0) is 9.53 Å². The van der Waals surface area contributed by atoms with Crippen LogP contribution in [0.3, 0.4) is 0 Å². The van der Waals surface area contributed by atoms with Gasteiger partial charge in [0.25, 0.3) is 0 Å². The van der Waals surface area contributed by atoms with Crippen molar-refractivity contribution in [1.29, 1.82) is 5.26 Å². The Hall–Kier alpha value is -2.07. The molecule has 0 spiro atoms. The number of hydrogen-bond acceptors (Lipinski definition) is 4. The molecule has 1 amide bonds. The Balaban J connectivity index is 2.08. The quantitative estimate of drug-likeness (QED) is 0.784. The minimum absolute atomic E-state index is 0.184. The van der Waals surface area contributed by atoms with Crippen LogP contribution < -0.4 is 5.32 Å². The molecule has 1 saturated heterocycles.